The van der Waals surface area contributed by atoms with Crippen molar-refractivity contribution in [1.29, 1.82) is 0 Å². The lowest BCUT2D eigenvalue weighted by molar-refractivity contribution is 0.215. The smallest absolute Gasteiger partial charge is 0.218 e. The Bertz CT molecular complexity index is 726. The summed E-state index contributed by atoms with van der Waals surface area (Å²) in [6.07, 6.45) is 5.97. The number of likely N-dealkylation sites (tertiary alicyclic amines) is 1. The Kier molecular flexibility index (Phi) is 7.72. The summed E-state index contributed by atoms with van der Waals surface area (Å²) >= 11 is 0. The van der Waals surface area contributed by atoms with Gasteiger partial charge < -0.3 is 19.8 Å². The van der Waals surface area contributed by atoms with Crippen molar-refractivity contribution in [3.63, 3.8) is 0 Å². The maximum Gasteiger partial charge on any atom is 0.218 e. The van der Waals surface area contributed by atoms with Gasteiger partial charge in [-0.3, -0.25) is 4.90 Å². The highest BCUT2D eigenvalue weighted by Gasteiger charge is 2.25. The maximum atomic E-state index is 5.71. The Morgan fingerprint density at radius 3 is 2.82 bits per heavy atom. The lowest BCUT2D eigenvalue weighted by atomic mass is 10.2. The molecule has 3 heterocycles. The van der Waals surface area contributed by atoms with E-state index in [1.807, 2.05) is 25.1 Å². The standard InChI is InChI=1S/C21H31N5O2/c1-3-22-21(24-15-17-9-7-11-23-20(17)27-4-2)25-16-18(19-10-8-14-28-19)26-12-5-6-13-26/h7-11,14,18H,3-6,12-13,15-16H2,1-2H3,(H2,22,24,25). The van der Waals surface area contributed by atoms with Crippen LogP contribution in [-0.4, -0.2) is 48.6 Å². The van der Waals surface area contributed by atoms with E-state index in [9.17, 15) is 0 Å². The monoisotopic (exact) mass is 385 g/mol. The van der Waals surface area contributed by atoms with Crippen LogP contribution in [0.2, 0.25) is 0 Å². The van der Waals surface area contributed by atoms with Gasteiger partial charge in [0, 0.05) is 24.8 Å². The molecule has 1 saturated heterocycles. The first-order chi connectivity index (χ1) is 13.8. The molecule has 0 bridgehead atoms. The predicted molar refractivity (Wildman–Crippen MR) is 110 cm³/mol. The van der Waals surface area contributed by atoms with E-state index in [0.29, 0.717) is 19.0 Å². The zero-order valence-corrected chi connectivity index (χ0v) is 16.9. The molecule has 7 nitrogen and oxygen atoms in total. The fourth-order valence-electron chi connectivity index (χ4n) is 3.45. The highest BCUT2D eigenvalue weighted by molar-refractivity contribution is 5.79. The Morgan fingerprint density at radius 2 is 2.11 bits per heavy atom. The summed E-state index contributed by atoms with van der Waals surface area (Å²) in [5.74, 6) is 2.43. The van der Waals surface area contributed by atoms with Gasteiger partial charge >= 0.3 is 0 Å². The van der Waals surface area contributed by atoms with Crippen molar-refractivity contribution in [1.82, 2.24) is 20.5 Å². The molecule has 0 spiro atoms. The van der Waals surface area contributed by atoms with Crippen molar-refractivity contribution in [2.75, 3.05) is 32.8 Å². The Morgan fingerprint density at radius 1 is 1.25 bits per heavy atom. The lowest BCUT2D eigenvalue weighted by Crippen LogP contribution is -2.42. The van der Waals surface area contributed by atoms with Gasteiger partial charge in [-0.05, 0) is 58.0 Å². The molecule has 0 amide bonds. The van der Waals surface area contributed by atoms with Crippen LogP contribution in [0.4, 0.5) is 0 Å². The molecule has 1 atom stereocenters. The summed E-state index contributed by atoms with van der Waals surface area (Å²) in [6, 6.07) is 8.13. The van der Waals surface area contributed by atoms with Crippen LogP contribution in [0, 0.1) is 0 Å². The maximum absolute atomic E-state index is 5.71. The molecular formula is C21H31N5O2. The second kappa shape index (κ2) is 10.7. The van der Waals surface area contributed by atoms with Crippen molar-refractivity contribution in [2.45, 2.75) is 39.3 Å². The molecule has 1 aliphatic rings. The van der Waals surface area contributed by atoms with Crippen molar-refractivity contribution in [3.05, 3.63) is 48.0 Å². The number of guanidine groups is 1. The third kappa shape index (κ3) is 5.48. The molecule has 152 valence electrons. The summed E-state index contributed by atoms with van der Waals surface area (Å²) in [4.78, 5) is 11.5. The third-order valence-corrected chi connectivity index (χ3v) is 4.80. The van der Waals surface area contributed by atoms with Crippen molar-refractivity contribution < 1.29 is 9.15 Å². The van der Waals surface area contributed by atoms with E-state index >= 15 is 0 Å². The molecule has 0 aromatic carbocycles. The molecule has 2 aromatic rings. The van der Waals surface area contributed by atoms with Crippen LogP contribution in [0.25, 0.3) is 0 Å². The van der Waals surface area contributed by atoms with E-state index in [-0.39, 0.29) is 6.04 Å². The lowest BCUT2D eigenvalue weighted by Gasteiger charge is -2.26. The average Bonchev–Trinajstić information content (AvgIpc) is 3.42. The topological polar surface area (TPSA) is 74.9 Å². The number of aromatic nitrogens is 1. The molecular weight excluding hydrogens is 354 g/mol. The molecule has 0 radical (unpaired) electrons. The fraction of sp³-hybridized carbons (Fsp3) is 0.524. The normalized spacial score (nSPS) is 16.1. The van der Waals surface area contributed by atoms with E-state index < -0.39 is 0 Å². The van der Waals surface area contributed by atoms with E-state index in [1.54, 1.807) is 12.5 Å². The van der Waals surface area contributed by atoms with E-state index in [1.165, 1.54) is 12.8 Å². The van der Waals surface area contributed by atoms with Gasteiger partial charge in [-0.1, -0.05) is 6.07 Å². The summed E-state index contributed by atoms with van der Waals surface area (Å²) in [5.41, 5.74) is 0.976. The average molecular weight is 386 g/mol. The molecule has 2 N–H and O–H groups in total. The van der Waals surface area contributed by atoms with Crippen LogP contribution in [-0.2, 0) is 6.54 Å². The quantitative estimate of drug-likeness (QED) is 0.511. The largest absolute Gasteiger partial charge is 0.478 e. The van der Waals surface area contributed by atoms with Gasteiger partial charge in [0.25, 0.3) is 0 Å². The second-order valence-electron chi connectivity index (χ2n) is 6.75. The predicted octanol–water partition coefficient (Wildman–Crippen LogP) is 2.97. The van der Waals surface area contributed by atoms with Crippen molar-refractivity contribution in [3.8, 4) is 5.88 Å². The van der Waals surface area contributed by atoms with Crippen LogP contribution in [0.5, 0.6) is 5.88 Å². The van der Waals surface area contributed by atoms with Gasteiger partial charge in [0.15, 0.2) is 5.96 Å². The van der Waals surface area contributed by atoms with Gasteiger partial charge in [0.2, 0.25) is 5.88 Å². The Balaban J connectivity index is 1.67. The molecule has 7 heteroatoms. The number of hydrogen-bond donors (Lipinski definition) is 2. The summed E-state index contributed by atoms with van der Waals surface area (Å²) in [6.45, 7) is 8.87. The SMILES string of the molecule is CCNC(=NCc1cccnc1OCC)NCC(c1ccco1)N1CCCC1. The zero-order chi connectivity index (χ0) is 19.6. The van der Waals surface area contributed by atoms with Gasteiger partial charge in [-0.25, -0.2) is 9.98 Å². The first-order valence-corrected chi connectivity index (χ1v) is 10.2. The van der Waals surface area contributed by atoms with Gasteiger partial charge in [0.05, 0.1) is 25.5 Å². The number of nitrogens with one attached hydrogen (secondary N) is 2. The van der Waals surface area contributed by atoms with Gasteiger partial charge in [-0.2, -0.15) is 0 Å². The Hall–Kier alpha value is -2.54. The Labute approximate surface area is 167 Å². The summed E-state index contributed by atoms with van der Waals surface area (Å²) in [7, 11) is 0. The molecule has 1 fully saturated rings. The highest BCUT2D eigenvalue weighted by Crippen LogP contribution is 2.24. The fourth-order valence-corrected chi connectivity index (χ4v) is 3.45. The minimum absolute atomic E-state index is 0.207. The number of ether oxygens (including phenoxy) is 1. The minimum atomic E-state index is 0.207. The molecule has 1 aliphatic heterocycles. The van der Waals surface area contributed by atoms with Crippen molar-refractivity contribution >= 4 is 5.96 Å². The van der Waals surface area contributed by atoms with Crippen LogP contribution >= 0.6 is 0 Å². The number of nitrogens with zero attached hydrogens (tertiary/aromatic N) is 3. The number of aliphatic imine (C=N–C) groups is 1. The first-order valence-electron chi connectivity index (χ1n) is 10.2. The van der Waals surface area contributed by atoms with Crippen LogP contribution in [0.15, 0.2) is 46.1 Å². The highest BCUT2D eigenvalue weighted by atomic mass is 16.5. The number of pyridine rings is 1. The molecule has 28 heavy (non-hydrogen) atoms. The van der Waals surface area contributed by atoms with Gasteiger partial charge in [-0.15, -0.1) is 0 Å². The molecule has 2 aromatic heterocycles. The third-order valence-electron chi connectivity index (χ3n) is 4.80. The zero-order valence-electron chi connectivity index (χ0n) is 16.9. The van der Waals surface area contributed by atoms with Crippen LogP contribution in [0.1, 0.15) is 44.1 Å². The first kappa shape index (κ1) is 20.2. The number of hydrogen-bond acceptors (Lipinski definition) is 5. The van der Waals surface area contributed by atoms with Crippen molar-refractivity contribution in [2.24, 2.45) is 4.99 Å². The minimum Gasteiger partial charge on any atom is -0.478 e. The second-order valence-corrected chi connectivity index (χ2v) is 6.75. The van der Waals surface area contributed by atoms with E-state index in [2.05, 4.69) is 33.5 Å². The number of rotatable bonds is 9. The number of furan rings is 1. The summed E-state index contributed by atoms with van der Waals surface area (Å²) in [5, 5.41) is 6.81. The summed E-state index contributed by atoms with van der Waals surface area (Å²) < 4.78 is 11.3. The molecule has 0 aliphatic carbocycles. The van der Waals surface area contributed by atoms with Crippen LogP contribution in [0.3, 0.4) is 0 Å². The molecule has 0 saturated carbocycles. The molecule has 3 rings (SSSR count). The van der Waals surface area contributed by atoms with E-state index in [4.69, 9.17) is 14.1 Å². The molecule has 1 unspecified atom stereocenters. The van der Waals surface area contributed by atoms with Gasteiger partial charge in [0.1, 0.15) is 5.76 Å². The van der Waals surface area contributed by atoms with Crippen LogP contribution < -0.4 is 15.4 Å². The van der Waals surface area contributed by atoms with E-state index in [0.717, 1.165) is 43.5 Å².